The molecule has 1 saturated carbocycles. The summed E-state index contributed by atoms with van der Waals surface area (Å²) in [5, 5.41) is 0. The van der Waals surface area contributed by atoms with E-state index in [-0.39, 0.29) is 0 Å². The van der Waals surface area contributed by atoms with E-state index < -0.39 is 0 Å². The van der Waals surface area contributed by atoms with E-state index in [9.17, 15) is 0 Å². The van der Waals surface area contributed by atoms with Crippen molar-refractivity contribution in [2.24, 2.45) is 5.41 Å². The molecule has 0 heterocycles. The normalized spacial score (nSPS) is 19.2. The Labute approximate surface area is 124 Å². The largest absolute Gasteiger partial charge is 0.497 e. The fourth-order valence-corrected chi connectivity index (χ4v) is 4.38. The molecule has 0 aromatic heterocycles. The lowest BCUT2D eigenvalue weighted by Gasteiger charge is -2.34. The van der Waals surface area contributed by atoms with E-state index in [1.54, 1.807) is 14.2 Å². The van der Waals surface area contributed by atoms with Gasteiger partial charge in [0.05, 0.1) is 14.2 Å². The summed E-state index contributed by atoms with van der Waals surface area (Å²) in [6, 6.07) is 6.12. The van der Waals surface area contributed by atoms with Gasteiger partial charge in [-0.1, -0.05) is 41.8 Å². The van der Waals surface area contributed by atoms with Crippen LogP contribution >= 0.6 is 15.9 Å². The molecule has 1 unspecified atom stereocenters. The highest BCUT2D eigenvalue weighted by molar-refractivity contribution is 9.09. The Morgan fingerprint density at radius 3 is 2.42 bits per heavy atom. The van der Waals surface area contributed by atoms with Crippen molar-refractivity contribution >= 4 is 15.9 Å². The molecule has 1 aliphatic rings. The molecule has 0 N–H and O–H groups in total. The molecule has 106 valence electrons. The Balaban J connectivity index is 2.34. The predicted octanol–water partition coefficient (Wildman–Crippen LogP) is 5.11. The number of ether oxygens (including phenoxy) is 2. The first kappa shape index (κ1) is 14.7. The predicted molar refractivity (Wildman–Crippen MR) is 82.4 cm³/mol. The van der Waals surface area contributed by atoms with Crippen molar-refractivity contribution in [2.45, 2.75) is 43.9 Å². The second-order valence-electron chi connectivity index (χ2n) is 5.39. The quantitative estimate of drug-likeness (QED) is 0.700. The Bertz CT molecular complexity index is 425. The average Bonchev–Trinajstić information content (AvgIpc) is 2.95. The molecule has 1 aromatic rings. The van der Waals surface area contributed by atoms with E-state index in [1.165, 1.54) is 37.7 Å². The zero-order chi connectivity index (χ0) is 13.9. The first-order valence-electron chi connectivity index (χ1n) is 7.03. The first-order valence-corrected chi connectivity index (χ1v) is 7.94. The Morgan fingerprint density at radius 1 is 1.21 bits per heavy atom. The summed E-state index contributed by atoms with van der Waals surface area (Å²) in [6.07, 6.45) is 6.49. The second kappa shape index (κ2) is 6.17. The van der Waals surface area contributed by atoms with Gasteiger partial charge in [0.15, 0.2) is 0 Å². The summed E-state index contributed by atoms with van der Waals surface area (Å²) in [7, 11) is 3.41. The molecule has 0 radical (unpaired) electrons. The number of hydrogen-bond acceptors (Lipinski definition) is 2. The van der Waals surface area contributed by atoms with Crippen LogP contribution in [0.15, 0.2) is 18.2 Å². The lowest BCUT2D eigenvalue weighted by Crippen LogP contribution is -2.21. The molecule has 1 atom stereocenters. The SMILES string of the molecule is CCC1(C(Br)c2ccc(OC)cc2OC)CCCC1. The summed E-state index contributed by atoms with van der Waals surface area (Å²) in [5.74, 6) is 1.76. The fraction of sp³-hybridized carbons (Fsp3) is 0.625. The van der Waals surface area contributed by atoms with Gasteiger partial charge in [-0.25, -0.2) is 0 Å². The molecule has 2 nitrogen and oxygen atoms in total. The van der Waals surface area contributed by atoms with E-state index in [0.717, 1.165) is 11.5 Å². The van der Waals surface area contributed by atoms with Gasteiger partial charge >= 0.3 is 0 Å². The smallest absolute Gasteiger partial charge is 0.126 e. The average molecular weight is 327 g/mol. The van der Waals surface area contributed by atoms with Crippen LogP contribution in [0.5, 0.6) is 11.5 Å². The number of benzene rings is 1. The summed E-state index contributed by atoms with van der Waals surface area (Å²) in [5.41, 5.74) is 1.62. The fourth-order valence-electron chi connectivity index (χ4n) is 3.22. The minimum Gasteiger partial charge on any atom is -0.497 e. The minimum atomic E-state index is 0.355. The minimum absolute atomic E-state index is 0.355. The summed E-state index contributed by atoms with van der Waals surface area (Å²) >= 11 is 3.95. The van der Waals surface area contributed by atoms with Gasteiger partial charge in [-0.15, -0.1) is 0 Å². The third kappa shape index (κ3) is 2.76. The molecule has 0 bridgehead atoms. The van der Waals surface area contributed by atoms with Gasteiger partial charge in [0.2, 0.25) is 0 Å². The highest BCUT2D eigenvalue weighted by Gasteiger charge is 2.40. The number of halogens is 1. The van der Waals surface area contributed by atoms with Gasteiger partial charge in [-0.2, -0.15) is 0 Å². The summed E-state index contributed by atoms with van der Waals surface area (Å²) in [4.78, 5) is 0.355. The van der Waals surface area contributed by atoms with Crippen LogP contribution in [0, 0.1) is 5.41 Å². The standard InChI is InChI=1S/C16H23BrO2/c1-4-16(9-5-6-10-16)15(17)13-8-7-12(18-2)11-14(13)19-3/h7-8,11,15H,4-6,9-10H2,1-3H3. The monoisotopic (exact) mass is 326 g/mol. The zero-order valence-corrected chi connectivity index (χ0v) is 13.6. The van der Waals surface area contributed by atoms with Gasteiger partial charge in [-0.3, -0.25) is 0 Å². The topological polar surface area (TPSA) is 18.5 Å². The number of alkyl halides is 1. The molecule has 0 saturated heterocycles. The molecular weight excluding hydrogens is 304 g/mol. The van der Waals surface area contributed by atoms with Crippen LogP contribution in [-0.4, -0.2) is 14.2 Å². The summed E-state index contributed by atoms with van der Waals surface area (Å²) in [6.45, 7) is 2.30. The Morgan fingerprint density at radius 2 is 1.89 bits per heavy atom. The highest BCUT2D eigenvalue weighted by Crippen LogP contribution is 2.55. The number of rotatable bonds is 5. The van der Waals surface area contributed by atoms with Crippen LogP contribution in [0.3, 0.4) is 0 Å². The second-order valence-corrected chi connectivity index (χ2v) is 6.31. The van der Waals surface area contributed by atoms with Crippen LogP contribution in [0.2, 0.25) is 0 Å². The maximum atomic E-state index is 5.55. The lowest BCUT2D eigenvalue weighted by molar-refractivity contribution is 0.274. The molecule has 0 amide bonds. The van der Waals surface area contributed by atoms with Crippen molar-refractivity contribution in [3.05, 3.63) is 23.8 Å². The van der Waals surface area contributed by atoms with Crippen molar-refractivity contribution in [1.29, 1.82) is 0 Å². The molecule has 1 aromatic carbocycles. The van der Waals surface area contributed by atoms with Crippen molar-refractivity contribution in [2.75, 3.05) is 14.2 Å². The molecule has 0 aliphatic heterocycles. The highest BCUT2D eigenvalue weighted by atomic mass is 79.9. The third-order valence-corrected chi connectivity index (χ3v) is 6.02. The van der Waals surface area contributed by atoms with Gasteiger partial charge in [-0.05, 0) is 30.7 Å². The molecule has 0 spiro atoms. The van der Waals surface area contributed by atoms with Crippen molar-refractivity contribution < 1.29 is 9.47 Å². The molecule has 1 fully saturated rings. The molecule has 1 aliphatic carbocycles. The van der Waals surface area contributed by atoms with Crippen LogP contribution in [0.25, 0.3) is 0 Å². The van der Waals surface area contributed by atoms with E-state index in [0.29, 0.717) is 10.2 Å². The molecule has 3 heteroatoms. The molecule has 2 rings (SSSR count). The lowest BCUT2D eigenvalue weighted by atomic mass is 9.77. The van der Waals surface area contributed by atoms with Crippen molar-refractivity contribution in [3.63, 3.8) is 0 Å². The third-order valence-electron chi connectivity index (χ3n) is 4.55. The Kier molecular flexibility index (Phi) is 4.77. The van der Waals surface area contributed by atoms with Crippen molar-refractivity contribution in [1.82, 2.24) is 0 Å². The van der Waals surface area contributed by atoms with Crippen molar-refractivity contribution in [3.8, 4) is 11.5 Å². The van der Waals surface area contributed by atoms with Gasteiger partial charge in [0.1, 0.15) is 11.5 Å². The first-order chi connectivity index (χ1) is 9.16. The van der Waals surface area contributed by atoms with E-state index in [1.807, 2.05) is 12.1 Å². The number of methoxy groups -OCH3 is 2. The molecule has 19 heavy (non-hydrogen) atoms. The van der Waals surface area contributed by atoms with Crippen LogP contribution < -0.4 is 9.47 Å². The van der Waals surface area contributed by atoms with Crippen LogP contribution in [0.1, 0.15) is 49.4 Å². The van der Waals surface area contributed by atoms with Gasteiger partial charge in [0, 0.05) is 16.5 Å². The van der Waals surface area contributed by atoms with E-state index in [4.69, 9.17) is 9.47 Å². The van der Waals surface area contributed by atoms with Crippen LogP contribution in [0.4, 0.5) is 0 Å². The van der Waals surface area contributed by atoms with Crippen LogP contribution in [-0.2, 0) is 0 Å². The van der Waals surface area contributed by atoms with E-state index in [2.05, 4.69) is 28.9 Å². The maximum absolute atomic E-state index is 5.55. The summed E-state index contributed by atoms with van der Waals surface area (Å²) < 4.78 is 10.8. The maximum Gasteiger partial charge on any atom is 0.126 e. The zero-order valence-electron chi connectivity index (χ0n) is 12.0. The van der Waals surface area contributed by atoms with Gasteiger partial charge < -0.3 is 9.47 Å². The molecular formula is C16H23BrO2. The Hall–Kier alpha value is -0.700. The van der Waals surface area contributed by atoms with E-state index >= 15 is 0 Å². The van der Waals surface area contributed by atoms with Gasteiger partial charge in [0.25, 0.3) is 0 Å². The number of hydrogen-bond donors (Lipinski definition) is 0.